The number of nitriles is 1. The Hall–Kier alpha value is -4.58. The minimum Gasteiger partial charge on any atom is -0.305 e. The predicted molar refractivity (Wildman–Crippen MR) is 119 cm³/mol. The summed E-state index contributed by atoms with van der Waals surface area (Å²) >= 11 is 0. The van der Waals surface area contributed by atoms with Gasteiger partial charge in [0.05, 0.1) is 16.6 Å². The summed E-state index contributed by atoms with van der Waals surface area (Å²) in [6, 6.07) is 13.2. The van der Waals surface area contributed by atoms with E-state index in [0.717, 1.165) is 27.6 Å². The fourth-order valence-electron chi connectivity index (χ4n) is 3.57. The molecule has 0 atom stereocenters. The molecule has 0 aliphatic carbocycles. The zero-order valence-electron chi connectivity index (χ0n) is 17.6. The number of fused-ring (bicyclic) bond motifs is 1. The summed E-state index contributed by atoms with van der Waals surface area (Å²) in [6.07, 6.45) is 1.36. The molecule has 0 unspecified atom stereocenters. The lowest BCUT2D eigenvalue weighted by atomic mass is 10.0. The zero-order chi connectivity index (χ0) is 23.0. The Kier molecular flexibility index (Phi) is 5.12. The molecule has 4 aromatic rings. The largest absolute Gasteiger partial charge is 0.305 e. The molecule has 1 amide bonds. The number of nitrogens with zero attached hydrogens (tertiary/aromatic N) is 5. The fourth-order valence-corrected chi connectivity index (χ4v) is 3.57. The first-order chi connectivity index (χ1) is 15.3. The summed E-state index contributed by atoms with van der Waals surface area (Å²) in [5.74, 6) is 0.108. The smallest absolute Gasteiger partial charge is 0.269 e. The number of nitro groups is 1. The number of rotatable bonds is 4. The molecule has 0 fully saturated rings. The van der Waals surface area contributed by atoms with Crippen LogP contribution < -0.4 is 5.32 Å². The van der Waals surface area contributed by atoms with E-state index >= 15 is 0 Å². The fraction of sp³-hybridized carbons (Fsp3) is 0.130. The van der Waals surface area contributed by atoms with Crippen molar-refractivity contribution < 1.29 is 9.72 Å². The number of anilines is 1. The van der Waals surface area contributed by atoms with Gasteiger partial charge in [0, 0.05) is 23.1 Å². The minimum absolute atomic E-state index is 0.120. The number of pyridine rings is 1. The number of hydrogen-bond donors (Lipinski definition) is 1. The van der Waals surface area contributed by atoms with Gasteiger partial charge in [-0.2, -0.15) is 15.0 Å². The number of nitrogens with one attached hydrogen (secondary N) is 1. The maximum Gasteiger partial charge on any atom is 0.269 e. The van der Waals surface area contributed by atoms with Crippen LogP contribution in [0.4, 0.5) is 11.5 Å². The number of nitro benzene ring substituents is 1. The molecule has 0 spiro atoms. The van der Waals surface area contributed by atoms with E-state index in [1.54, 1.807) is 0 Å². The summed E-state index contributed by atoms with van der Waals surface area (Å²) in [5.41, 5.74) is 4.20. The number of carbonyl (C=O) groups is 1. The average molecular weight is 426 g/mol. The Bertz CT molecular complexity index is 1430. The van der Waals surface area contributed by atoms with Crippen LogP contribution in [0.3, 0.4) is 0 Å². The molecule has 0 saturated carbocycles. The lowest BCUT2D eigenvalue weighted by Gasteiger charge is -2.13. The highest BCUT2D eigenvalue weighted by atomic mass is 16.6. The number of non-ortho nitro benzene ring substituents is 1. The quantitative estimate of drug-likeness (QED) is 0.381. The van der Waals surface area contributed by atoms with Crippen LogP contribution in [0, 0.1) is 42.2 Å². The topological polar surface area (TPSA) is 127 Å². The lowest BCUT2D eigenvalue weighted by Crippen LogP contribution is -2.16. The molecule has 0 radical (unpaired) electrons. The van der Waals surface area contributed by atoms with Crippen LogP contribution in [0.25, 0.3) is 16.7 Å². The Morgan fingerprint density at radius 1 is 1.12 bits per heavy atom. The van der Waals surface area contributed by atoms with Gasteiger partial charge in [-0.25, -0.2) is 4.98 Å². The Morgan fingerprint density at radius 2 is 1.84 bits per heavy atom. The van der Waals surface area contributed by atoms with E-state index < -0.39 is 10.8 Å². The second-order valence-corrected chi connectivity index (χ2v) is 7.46. The van der Waals surface area contributed by atoms with Crippen molar-refractivity contribution in [1.82, 2.24) is 14.8 Å². The second-order valence-electron chi connectivity index (χ2n) is 7.46. The van der Waals surface area contributed by atoms with Gasteiger partial charge in [0.25, 0.3) is 11.6 Å². The molecule has 4 rings (SSSR count). The summed E-state index contributed by atoms with van der Waals surface area (Å²) in [7, 11) is 0. The zero-order valence-corrected chi connectivity index (χ0v) is 17.6. The van der Waals surface area contributed by atoms with Crippen LogP contribution >= 0.6 is 0 Å². The van der Waals surface area contributed by atoms with Gasteiger partial charge in [-0.15, -0.1) is 0 Å². The number of aromatic nitrogens is 3. The average Bonchev–Trinajstić information content (AvgIpc) is 3.16. The van der Waals surface area contributed by atoms with Crippen molar-refractivity contribution in [3.63, 3.8) is 0 Å². The van der Waals surface area contributed by atoms with E-state index in [0.29, 0.717) is 5.82 Å². The first-order valence-electron chi connectivity index (χ1n) is 9.71. The summed E-state index contributed by atoms with van der Waals surface area (Å²) in [4.78, 5) is 27.8. The van der Waals surface area contributed by atoms with E-state index in [1.807, 2.05) is 39.0 Å². The van der Waals surface area contributed by atoms with Crippen LogP contribution in [0.2, 0.25) is 0 Å². The molecule has 9 heteroatoms. The van der Waals surface area contributed by atoms with Crippen LogP contribution in [0.1, 0.15) is 32.6 Å². The van der Waals surface area contributed by atoms with Gasteiger partial charge in [-0.1, -0.05) is 11.6 Å². The normalized spacial score (nSPS) is 10.7. The van der Waals surface area contributed by atoms with E-state index in [4.69, 9.17) is 4.98 Å². The molecular weight excluding hydrogens is 408 g/mol. The molecule has 0 aliphatic rings. The third kappa shape index (κ3) is 3.65. The van der Waals surface area contributed by atoms with Crippen LogP contribution in [0.15, 0.2) is 48.7 Å². The molecule has 32 heavy (non-hydrogen) atoms. The maximum absolute atomic E-state index is 12.8. The molecule has 0 saturated heterocycles. The highest BCUT2D eigenvalue weighted by Crippen LogP contribution is 2.27. The van der Waals surface area contributed by atoms with Crippen molar-refractivity contribution in [3.05, 3.63) is 86.6 Å². The van der Waals surface area contributed by atoms with Gasteiger partial charge in [-0.05, 0) is 56.2 Å². The summed E-state index contributed by atoms with van der Waals surface area (Å²) in [6.45, 7) is 5.97. The second kappa shape index (κ2) is 7.92. The summed E-state index contributed by atoms with van der Waals surface area (Å²) < 4.78 is 1.41. The maximum atomic E-state index is 12.8. The molecule has 2 heterocycles. The lowest BCUT2D eigenvalue weighted by molar-refractivity contribution is -0.384. The molecule has 0 aliphatic heterocycles. The number of aryl methyl sites for hydroxylation is 3. The first kappa shape index (κ1) is 20.7. The van der Waals surface area contributed by atoms with Crippen molar-refractivity contribution in [3.8, 4) is 11.9 Å². The van der Waals surface area contributed by atoms with Crippen molar-refractivity contribution in [2.45, 2.75) is 20.8 Å². The number of amides is 1. The number of hydrogen-bond acceptors (Lipinski definition) is 6. The van der Waals surface area contributed by atoms with E-state index in [1.165, 1.54) is 35.1 Å². The Labute approximate surface area is 183 Å². The third-order valence-electron chi connectivity index (χ3n) is 5.12. The van der Waals surface area contributed by atoms with E-state index in [9.17, 15) is 20.2 Å². The molecule has 2 aromatic heterocycles. The SMILES string of the molecule is Cc1cc(C)c2nc(-n3ncc(C#N)c3NC(=O)c3ccc([N+](=O)[O-])cc3)cc(C)c2c1. The third-order valence-corrected chi connectivity index (χ3v) is 5.12. The molecular formula is C23H18N6O3. The van der Waals surface area contributed by atoms with Crippen molar-refractivity contribution in [1.29, 1.82) is 5.26 Å². The van der Waals surface area contributed by atoms with E-state index in [2.05, 4.69) is 16.5 Å². The van der Waals surface area contributed by atoms with Gasteiger partial charge in [0.1, 0.15) is 11.6 Å². The van der Waals surface area contributed by atoms with Crippen molar-refractivity contribution in [2.75, 3.05) is 5.32 Å². The highest BCUT2D eigenvalue weighted by Gasteiger charge is 2.19. The summed E-state index contributed by atoms with van der Waals surface area (Å²) in [5, 5.41) is 28.3. The molecule has 1 N–H and O–H groups in total. The standard InChI is InChI=1S/C23H18N6O3/c1-13-8-15(3)21-19(9-13)14(2)10-20(26-21)28-22(17(11-24)12-25-28)27-23(30)16-4-6-18(7-5-16)29(31)32/h4-10,12H,1-3H3,(H,27,30). The molecule has 9 nitrogen and oxygen atoms in total. The van der Waals surface area contributed by atoms with Gasteiger partial charge >= 0.3 is 0 Å². The van der Waals surface area contributed by atoms with Crippen LogP contribution in [0.5, 0.6) is 0 Å². The van der Waals surface area contributed by atoms with Gasteiger partial charge in [-0.3, -0.25) is 14.9 Å². The monoisotopic (exact) mass is 426 g/mol. The minimum atomic E-state index is -0.540. The van der Waals surface area contributed by atoms with Crippen LogP contribution in [-0.4, -0.2) is 25.6 Å². The van der Waals surface area contributed by atoms with Gasteiger partial charge in [0.2, 0.25) is 0 Å². The Balaban J connectivity index is 1.77. The van der Waals surface area contributed by atoms with Crippen LogP contribution in [-0.2, 0) is 0 Å². The van der Waals surface area contributed by atoms with Crippen molar-refractivity contribution in [2.24, 2.45) is 0 Å². The van der Waals surface area contributed by atoms with Crippen molar-refractivity contribution >= 4 is 28.3 Å². The van der Waals surface area contributed by atoms with Gasteiger partial charge in [0.15, 0.2) is 11.6 Å². The highest BCUT2D eigenvalue weighted by molar-refractivity contribution is 6.04. The molecule has 2 aromatic carbocycles. The van der Waals surface area contributed by atoms with E-state index in [-0.39, 0.29) is 22.6 Å². The number of benzene rings is 2. The predicted octanol–water partition coefficient (Wildman–Crippen LogP) is 4.38. The molecule has 158 valence electrons. The molecule has 0 bridgehead atoms. The number of carbonyl (C=O) groups excluding carboxylic acids is 1. The van der Waals surface area contributed by atoms with Gasteiger partial charge < -0.3 is 5.32 Å². The first-order valence-corrected chi connectivity index (χ1v) is 9.71. The Morgan fingerprint density at radius 3 is 2.50 bits per heavy atom.